The largest absolute Gasteiger partial charge is 0.493 e. The molecule has 2 aliphatic heterocycles. The fourth-order valence-electron chi connectivity index (χ4n) is 2.96. The van der Waals surface area contributed by atoms with E-state index in [-0.39, 0.29) is 17.4 Å². The second-order valence-electron chi connectivity index (χ2n) is 5.68. The lowest BCUT2D eigenvalue weighted by molar-refractivity contribution is -0.122. The number of sulfonamides is 1. The van der Waals surface area contributed by atoms with Crippen LogP contribution >= 0.6 is 0 Å². The van der Waals surface area contributed by atoms with Crippen LogP contribution in [0.25, 0.3) is 0 Å². The normalized spacial score (nSPS) is 25.6. The quantitative estimate of drug-likeness (QED) is 0.873. The molecule has 114 valence electrons. The highest BCUT2D eigenvalue weighted by atomic mass is 32.2. The van der Waals surface area contributed by atoms with Crippen LogP contribution < -0.4 is 10.5 Å². The van der Waals surface area contributed by atoms with Crippen LogP contribution in [-0.2, 0) is 21.2 Å². The molecule has 0 aliphatic carbocycles. The van der Waals surface area contributed by atoms with Crippen LogP contribution in [0.5, 0.6) is 5.75 Å². The maximum Gasteiger partial charge on any atom is 0.243 e. The summed E-state index contributed by atoms with van der Waals surface area (Å²) in [6.07, 6.45) is 0.721. The summed E-state index contributed by atoms with van der Waals surface area (Å²) >= 11 is 0. The number of ether oxygens (including phenoxy) is 1. The summed E-state index contributed by atoms with van der Waals surface area (Å²) in [6, 6.07) is 4.92. The van der Waals surface area contributed by atoms with Crippen molar-refractivity contribution in [3.05, 3.63) is 23.8 Å². The fourth-order valence-corrected chi connectivity index (χ4v) is 4.58. The van der Waals surface area contributed by atoms with Crippen molar-refractivity contribution in [2.45, 2.75) is 18.2 Å². The summed E-state index contributed by atoms with van der Waals surface area (Å²) in [4.78, 5) is 11.6. The number of nitrogens with zero attached hydrogens (tertiary/aromatic N) is 1. The first-order valence-corrected chi connectivity index (χ1v) is 8.39. The summed E-state index contributed by atoms with van der Waals surface area (Å²) in [5.41, 5.74) is 6.24. The van der Waals surface area contributed by atoms with Gasteiger partial charge in [0.2, 0.25) is 15.9 Å². The highest BCUT2D eigenvalue weighted by Crippen LogP contribution is 2.32. The van der Waals surface area contributed by atoms with Gasteiger partial charge < -0.3 is 10.5 Å². The molecule has 0 bridgehead atoms. The Morgan fingerprint density at radius 2 is 2.14 bits per heavy atom. The molecule has 0 radical (unpaired) electrons. The Bertz CT molecular complexity index is 686. The van der Waals surface area contributed by atoms with Crippen molar-refractivity contribution in [1.29, 1.82) is 0 Å². The highest BCUT2D eigenvalue weighted by Gasteiger charge is 2.40. The van der Waals surface area contributed by atoms with Gasteiger partial charge in [0.1, 0.15) is 5.75 Å². The van der Waals surface area contributed by atoms with Crippen LogP contribution in [0, 0.1) is 11.8 Å². The predicted octanol–water partition coefficient (Wildman–Crippen LogP) is 0.363. The van der Waals surface area contributed by atoms with E-state index in [1.807, 2.05) is 6.92 Å². The van der Waals surface area contributed by atoms with Gasteiger partial charge >= 0.3 is 0 Å². The fraction of sp³-hybridized carbons (Fsp3) is 0.500. The number of hydrogen-bond acceptors (Lipinski definition) is 4. The summed E-state index contributed by atoms with van der Waals surface area (Å²) in [5.74, 6) is -0.172. The van der Waals surface area contributed by atoms with Crippen molar-refractivity contribution in [3.8, 4) is 5.75 Å². The van der Waals surface area contributed by atoms with Gasteiger partial charge in [0.25, 0.3) is 0 Å². The molecule has 6 nitrogen and oxygen atoms in total. The van der Waals surface area contributed by atoms with E-state index in [0.29, 0.717) is 13.2 Å². The first-order valence-electron chi connectivity index (χ1n) is 6.95. The molecule has 0 unspecified atom stereocenters. The molecular formula is C14H18N2O4S. The number of fused-ring (bicyclic) bond motifs is 1. The summed E-state index contributed by atoms with van der Waals surface area (Å²) in [5, 5.41) is 0. The van der Waals surface area contributed by atoms with Crippen molar-refractivity contribution in [2.75, 3.05) is 19.7 Å². The Morgan fingerprint density at radius 3 is 2.81 bits per heavy atom. The third-order valence-electron chi connectivity index (χ3n) is 4.24. The summed E-state index contributed by atoms with van der Waals surface area (Å²) in [7, 11) is -3.59. The van der Waals surface area contributed by atoms with Gasteiger partial charge in [-0.1, -0.05) is 6.92 Å². The first-order chi connectivity index (χ1) is 9.89. The predicted molar refractivity (Wildman–Crippen MR) is 76.2 cm³/mol. The molecule has 0 aromatic heterocycles. The van der Waals surface area contributed by atoms with Crippen LogP contribution in [-0.4, -0.2) is 38.3 Å². The first kappa shape index (κ1) is 14.3. The standard InChI is InChI=1S/C14H18N2O4S/c1-9-7-16(8-12(9)14(15)17)21(18,19)11-2-3-13-10(6-11)4-5-20-13/h2-3,6,9,12H,4-5,7-8H2,1H3,(H2,15,17)/t9-,12-/m1/s1. The second-order valence-corrected chi connectivity index (χ2v) is 7.61. The number of amides is 1. The lowest BCUT2D eigenvalue weighted by Crippen LogP contribution is -2.32. The molecule has 2 aliphatic rings. The van der Waals surface area contributed by atoms with Gasteiger partial charge in [-0.25, -0.2) is 8.42 Å². The van der Waals surface area contributed by atoms with E-state index in [1.165, 1.54) is 4.31 Å². The van der Waals surface area contributed by atoms with Crippen molar-refractivity contribution >= 4 is 15.9 Å². The molecule has 1 amide bonds. The van der Waals surface area contributed by atoms with Crippen LogP contribution in [0.15, 0.2) is 23.1 Å². The van der Waals surface area contributed by atoms with E-state index >= 15 is 0 Å². The zero-order valence-electron chi connectivity index (χ0n) is 11.8. The molecule has 1 fully saturated rings. The van der Waals surface area contributed by atoms with Crippen molar-refractivity contribution in [3.63, 3.8) is 0 Å². The number of nitrogens with two attached hydrogens (primary N) is 1. The van der Waals surface area contributed by atoms with Crippen LogP contribution in [0.4, 0.5) is 0 Å². The van der Waals surface area contributed by atoms with Gasteiger partial charge in [0.05, 0.1) is 17.4 Å². The summed E-state index contributed by atoms with van der Waals surface area (Å²) < 4.78 is 32.1. The summed E-state index contributed by atoms with van der Waals surface area (Å²) in [6.45, 7) is 2.92. The van der Waals surface area contributed by atoms with Crippen LogP contribution in [0.1, 0.15) is 12.5 Å². The van der Waals surface area contributed by atoms with Crippen molar-refractivity contribution in [2.24, 2.45) is 17.6 Å². The van der Waals surface area contributed by atoms with Gasteiger partial charge in [-0.2, -0.15) is 4.31 Å². The van der Waals surface area contributed by atoms with Gasteiger partial charge in [-0.15, -0.1) is 0 Å². The molecule has 3 rings (SSSR count). The minimum Gasteiger partial charge on any atom is -0.493 e. The van der Waals surface area contributed by atoms with E-state index in [4.69, 9.17) is 10.5 Å². The third-order valence-corrected chi connectivity index (χ3v) is 6.07. The smallest absolute Gasteiger partial charge is 0.243 e. The third kappa shape index (κ3) is 2.40. The molecule has 2 heterocycles. The number of carbonyl (C=O) groups is 1. The molecule has 1 saturated heterocycles. The Labute approximate surface area is 123 Å². The minimum absolute atomic E-state index is 0.0602. The van der Waals surface area contributed by atoms with Gasteiger partial charge in [0, 0.05) is 19.5 Å². The number of carbonyl (C=O) groups excluding carboxylic acids is 1. The van der Waals surface area contributed by atoms with Crippen LogP contribution in [0.3, 0.4) is 0 Å². The lowest BCUT2D eigenvalue weighted by Gasteiger charge is -2.16. The topological polar surface area (TPSA) is 89.7 Å². The molecule has 2 N–H and O–H groups in total. The average molecular weight is 310 g/mol. The molecule has 0 spiro atoms. The van der Waals surface area contributed by atoms with E-state index < -0.39 is 21.8 Å². The molecule has 1 aromatic rings. The SMILES string of the molecule is C[C@@H]1CN(S(=O)(=O)c2ccc3c(c2)CCO3)C[C@H]1C(N)=O. The molecular weight excluding hydrogens is 292 g/mol. The maximum atomic E-state index is 12.7. The highest BCUT2D eigenvalue weighted by molar-refractivity contribution is 7.89. The zero-order valence-corrected chi connectivity index (χ0v) is 12.6. The molecule has 1 aromatic carbocycles. The number of hydrogen-bond donors (Lipinski definition) is 1. The number of rotatable bonds is 3. The monoisotopic (exact) mass is 310 g/mol. The minimum atomic E-state index is -3.59. The van der Waals surface area contributed by atoms with Crippen molar-refractivity contribution < 1.29 is 17.9 Å². The lowest BCUT2D eigenvalue weighted by atomic mass is 9.98. The van der Waals surface area contributed by atoms with E-state index in [0.717, 1.165) is 17.7 Å². The average Bonchev–Trinajstić information content (AvgIpc) is 3.03. The van der Waals surface area contributed by atoms with Gasteiger partial charge in [-0.3, -0.25) is 4.79 Å². The molecule has 7 heteroatoms. The van der Waals surface area contributed by atoms with E-state index in [1.54, 1.807) is 18.2 Å². The Balaban J connectivity index is 1.89. The van der Waals surface area contributed by atoms with Gasteiger partial charge in [0.15, 0.2) is 0 Å². The van der Waals surface area contributed by atoms with Crippen LogP contribution in [0.2, 0.25) is 0 Å². The number of primary amides is 1. The zero-order chi connectivity index (χ0) is 15.2. The van der Waals surface area contributed by atoms with Crippen molar-refractivity contribution in [1.82, 2.24) is 4.31 Å². The Hall–Kier alpha value is -1.60. The molecule has 2 atom stereocenters. The maximum absolute atomic E-state index is 12.7. The molecule has 21 heavy (non-hydrogen) atoms. The second kappa shape index (κ2) is 4.99. The van der Waals surface area contributed by atoms with Gasteiger partial charge in [-0.05, 0) is 29.7 Å². The van der Waals surface area contributed by atoms with E-state index in [9.17, 15) is 13.2 Å². The Morgan fingerprint density at radius 1 is 1.38 bits per heavy atom. The number of benzene rings is 1. The van der Waals surface area contributed by atoms with E-state index in [2.05, 4.69) is 0 Å². The molecule has 0 saturated carbocycles. The Kier molecular flexibility index (Phi) is 3.41.